The van der Waals surface area contributed by atoms with Gasteiger partial charge in [0.25, 0.3) is 0 Å². The number of carbonyl (C=O) groups is 1. The molecule has 0 spiro atoms. The monoisotopic (exact) mass is 385 g/mol. The first kappa shape index (κ1) is 17.9. The zero-order chi connectivity index (χ0) is 18.8. The largest absolute Gasteiger partial charge is 0.353 e. The predicted octanol–water partition coefficient (Wildman–Crippen LogP) is 1.25. The Balaban J connectivity index is 1.36. The summed E-state index contributed by atoms with van der Waals surface area (Å²) in [5, 5.41) is 10.3. The van der Waals surface area contributed by atoms with Crippen LogP contribution in [0.2, 0.25) is 0 Å². The summed E-state index contributed by atoms with van der Waals surface area (Å²) in [4.78, 5) is 26.9. The maximum Gasteiger partial charge on any atom is 0.237 e. The Morgan fingerprint density at radius 1 is 1.30 bits per heavy atom. The Morgan fingerprint density at radius 2 is 2.11 bits per heavy atom. The van der Waals surface area contributed by atoms with Crippen LogP contribution in [-0.4, -0.2) is 62.8 Å². The number of fused-ring (bicyclic) bond motifs is 1. The van der Waals surface area contributed by atoms with E-state index < -0.39 is 0 Å². The molecule has 3 aromatic heterocycles. The highest BCUT2D eigenvalue weighted by atomic mass is 32.1. The molecule has 1 aliphatic rings. The lowest BCUT2D eigenvalue weighted by Gasteiger charge is -2.38. The Kier molecular flexibility index (Phi) is 5.04. The van der Waals surface area contributed by atoms with Crippen LogP contribution in [0.15, 0.2) is 30.0 Å². The summed E-state index contributed by atoms with van der Waals surface area (Å²) in [5.41, 5.74) is 0.837. The van der Waals surface area contributed by atoms with Crippen molar-refractivity contribution in [1.29, 1.82) is 0 Å². The molecule has 1 amide bonds. The molecule has 0 bridgehead atoms. The van der Waals surface area contributed by atoms with Gasteiger partial charge in [-0.2, -0.15) is 5.10 Å². The smallest absolute Gasteiger partial charge is 0.237 e. The highest BCUT2D eigenvalue weighted by Gasteiger charge is 2.27. The maximum absolute atomic E-state index is 12.5. The molecule has 1 aliphatic heterocycles. The van der Waals surface area contributed by atoms with Gasteiger partial charge in [0.15, 0.2) is 5.65 Å². The van der Waals surface area contributed by atoms with Crippen molar-refractivity contribution in [3.63, 3.8) is 0 Å². The van der Waals surface area contributed by atoms with Crippen molar-refractivity contribution in [3.05, 3.63) is 34.9 Å². The van der Waals surface area contributed by atoms with Crippen LogP contribution in [0.5, 0.6) is 0 Å². The molecule has 4 rings (SSSR count). The van der Waals surface area contributed by atoms with Gasteiger partial charge < -0.3 is 10.2 Å². The molecular formula is C18H23N7OS. The number of amides is 1. The lowest BCUT2D eigenvalue weighted by Crippen LogP contribution is -2.54. The summed E-state index contributed by atoms with van der Waals surface area (Å²) in [6, 6.07) is 3.90. The van der Waals surface area contributed by atoms with Crippen molar-refractivity contribution in [1.82, 2.24) is 30.0 Å². The summed E-state index contributed by atoms with van der Waals surface area (Å²) in [6.07, 6.45) is 3.41. The molecule has 142 valence electrons. The van der Waals surface area contributed by atoms with E-state index in [9.17, 15) is 4.79 Å². The molecule has 9 heteroatoms. The topological polar surface area (TPSA) is 79.2 Å². The van der Waals surface area contributed by atoms with Crippen molar-refractivity contribution in [2.24, 2.45) is 7.05 Å². The van der Waals surface area contributed by atoms with Crippen LogP contribution < -0.4 is 10.2 Å². The van der Waals surface area contributed by atoms with Gasteiger partial charge in [-0.05, 0) is 18.4 Å². The molecule has 1 fully saturated rings. The van der Waals surface area contributed by atoms with Gasteiger partial charge in [0, 0.05) is 38.1 Å². The number of nitrogens with zero attached hydrogens (tertiary/aromatic N) is 6. The third kappa shape index (κ3) is 3.65. The first-order chi connectivity index (χ1) is 13.1. The van der Waals surface area contributed by atoms with Crippen LogP contribution in [0.25, 0.3) is 11.0 Å². The van der Waals surface area contributed by atoms with Crippen molar-refractivity contribution >= 4 is 34.1 Å². The standard InChI is InChI=1S/C18H23N7OS/c1-13(18(26)19-10-14-4-3-9-27-14)24-5-7-25(8-6-24)17-15-11-22-23(2)16(15)20-12-21-17/h3-4,9,11-13H,5-8,10H2,1-2H3,(H,19,26)/t13-/m0/s1. The van der Waals surface area contributed by atoms with Crippen molar-refractivity contribution in [3.8, 4) is 0 Å². The second-order valence-electron chi connectivity index (χ2n) is 6.70. The average Bonchev–Trinajstić information content (AvgIpc) is 3.36. The molecule has 4 heterocycles. The number of rotatable bonds is 5. The fourth-order valence-corrected chi connectivity index (χ4v) is 4.07. The van der Waals surface area contributed by atoms with Crippen molar-refractivity contribution in [2.45, 2.75) is 19.5 Å². The van der Waals surface area contributed by atoms with Crippen LogP contribution >= 0.6 is 11.3 Å². The lowest BCUT2D eigenvalue weighted by molar-refractivity contribution is -0.126. The number of anilines is 1. The lowest BCUT2D eigenvalue weighted by atomic mass is 10.2. The molecule has 0 saturated carbocycles. The first-order valence-corrected chi connectivity index (χ1v) is 9.93. The number of hydrogen-bond acceptors (Lipinski definition) is 7. The zero-order valence-corrected chi connectivity index (χ0v) is 16.3. The Morgan fingerprint density at radius 3 is 2.85 bits per heavy atom. The minimum atomic E-state index is -0.143. The second kappa shape index (κ2) is 7.61. The van der Waals surface area contributed by atoms with Gasteiger partial charge in [-0.15, -0.1) is 11.3 Å². The molecule has 0 unspecified atom stereocenters. The number of thiophene rings is 1. The van der Waals surface area contributed by atoms with E-state index in [-0.39, 0.29) is 11.9 Å². The Labute approximate surface area is 161 Å². The molecule has 0 aromatic carbocycles. The van der Waals surface area contributed by atoms with Gasteiger partial charge in [0.1, 0.15) is 12.1 Å². The van der Waals surface area contributed by atoms with Gasteiger partial charge in [-0.1, -0.05) is 6.07 Å². The highest BCUT2D eigenvalue weighted by Crippen LogP contribution is 2.23. The Bertz CT molecular complexity index is 915. The van der Waals surface area contributed by atoms with E-state index in [1.165, 1.54) is 4.88 Å². The van der Waals surface area contributed by atoms with E-state index in [0.717, 1.165) is 43.0 Å². The number of hydrogen-bond donors (Lipinski definition) is 1. The van der Waals surface area contributed by atoms with E-state index in [1.54, 1.807) is 22.3 Å². The summed E-state index contributed by atoms with van der Waals surface area (Å²) in [6.45, 7) is 5.86. The fraction of sp³-hybridized carbons (Fsp3) is 0.444. The Hall–Kier alpha value is -2.52. The van der Waals surface area contributed by atoms with E-state index in [2.05, 4.69) is 30.2 Å². The van der Waals surface area contributed by atoms with E-state index in [4.69, 9.17) is 0 Å². The zero-order valence-electron chi connectivity index (χ0n) is 15.5. The number of aryl methyl sites for hydroxylation is 1. The van der Waals surface area contributed by atoms with Crippen LogP contribution in [-0.2, 0) is 18.4 Å². The number of aromatic nitrogens is 4. The van der Waals surface area contributed by atoms with Gasteiger partial charge in [0.2, 0.25) is 5.91 Å². The molecule has 1 N–H and O–H groups in total. The number of piperazine rings is 1. The summed E-state index contributed by atoms with van der Waals surface area (Å²) in [7, 11) is 1.88. The third-order valence-electron chi connectivity index (χ3n) is 5.07. The molecule has 0 aliphatic carbocycles. The normalized spacial score (nSPS) is 16.6. The van der Waals surface area contributed by atoms with E-state index >= 15 is 0 Å². The van der Waals surface area contributed by atoms with Crippen LogP contribution in [0.1, 0.15) is 11.8 Å². The van der Waals surface area contributed by atoms with Gasteiger partial charge in [-0.25, -0.2) is 9.97 Å². The quantitative estimate of drug-likeness (QED) is 0.712. The molecule has 3 aromatic rings. The molecule has 1 atom stereocenters. The molecule has 1 saturated heterocycles. The molecule has 8 nitrogen and oxygen atoms in total. The SMILES string of the molecule is C[C@@H](C(=O)NCc1cccs1)N1CCN(c2ncnc3c2cnn3C)CC1. The second-order valence-corrected chi connectivity index (χ2v) is 7.73. The highest BCUT2D eigenvalue weighted by molar-refractivity contribution is 7.09. The van der Waals surface area contributed by atoms with E-state index in [1.807, 2.05) is 37.7 Å². The predicted molar refractivity (Wildman–Crippen MR) is 106 cm³/mol. The summed E-state index contributed by atoms with van der Waals surface area (Å²) < 4.78 is 1.76. The molecule has 0 radical (unpaired) electrons. The summed E-state index contributed by atoms with van der Waals surface area (Å²) in [5.74, 6) is 0.996. The third-order valence-corrected chi connectivity index (χ3v) is 5.94. The van der Waals surface area contributed by atoms with Gasteiger partial charge in [-0.3, -0.25) is 14.4 Å². The minimum Gasteiger partial charge on any atom is -0.353 e. The van der Waals surface area contributed by atoms with Crippen molar-refractivity contribution < 1.29 is 4.79 Å². The van der Waals surface area contributed by atoms with Gasteiger partial charge >= 0.3 is 0 Å². The van der Waals surface area contributed by atoms with Crippen LogP contribution in [0, 0.1) is 0 Å². The van der Waals surface area contributed by atoms with Gasteiger partial charge in [0.05, 0.1) is 24.2 Å². The summed E-state index contributed by atoms with van der Waals surface area (Å²) >= 11 is 1.66. The van der Waals surface area contributed by atoms with Crippen molar-refractivity contribution in [2.75, 3.05) is 31.1 Å². The average molecular weight is 385 g/mol. The van der Waals surface area contributed by atoms with Crippen LogP contribution in [0.4, 0.5) is 5.82 Å². The number of carbonyl (C=O) groups excluding carboxylic acids is 1. The van der Waals surface area contributed by atoms with E-state index in [0.29, 0.717) is 6.54 Å². The molecular weight excluding hydrogens is 362 g/mol. The minimum absolute atomic E-state index is 0.0773. The van der Waals surface area contributed by atoms with Crippen LogP contribution in [0.3, 0.4) is 0 Å². The number of nitrogens with one attached hydrogen (secondary N) is 1. The first-order valence-electron chi connectivity index (χ1n) is 9.05. The fourth-order valence-electron chi connectivity index (χ4n) is 3.42. The maximum atomic E-state index is 12.5. The molecule has 27 heavy (non-hydrogen) atoms.